The van der Waals surface area contributed by atoms with Crippen molar-refractivity contribution in [1.29, 1.82) is 0 Å². The Morgan fingerprint density at radius 3 is 1.34 bits per heavy atom. The maximum atomic E-state index is 13.2. The second kappa shape index (κ2) is 32.3. The monoisotopic (exact) mass is 863 g/mol. The zero-order valence-corrected chi connectivity index (χ0v) is 40.2. The van der Waals surface area contributed by atoms with E-state index in [-0.39, 0.29) is 38.4 Å². The molecule has 0 aliphatic heterocycles. The van der Waals surface area contributed by atoms with Crippen LogP contribution in [0.2, 0.25) is 0 Å². The third-order valence-electron chi connectivity index (χ3n) is 12.2. The number of unbranched alkanes of at least 4 members (excludes halogenated alkanes) is 10. The van der Waals surface area contributed by atoms with Crippen LogP contribution in [0.5, 0.6) is 11.5 Å². The van der Waals surface area contributed by atoms with Crippen LogP contribution in [0.25, 0.3) is 21.5 Å². The minimum Gasteiger partial charge on any atom is -0.488 e. The Morgan fingerprint density at radius 1 is 0.468 bits per heavy atom. The van der Waals surface area contributed by atoms with Crippen LogP contribution in [-0.4, -0.2) is 63.8 Å². The summed E-state index contributed by atoms with van der Waals surface area (Å²) >= 11 is 0. The van der Waals surface area contributed by atoms with Crippen molar-refractivity contribution in [1.82, 2.24) is 0 Å². The Balaban J connectivity index is 1.91. The van der Waals surface area contributed by atoms with Crippen molar-refractivity contribution >= 4 is 33.5 Å². The number of hydrogen-bond acceptors (Lipinski definition) is 8. The summed E-state index contributed by atoms with van der Waals surface area (Å²) in [4.78, 5) is 26.4. The van der Waals surface area contributed by atoms with E-state index in [2.05, 4.69) is 78.8 Å². The lowest BCUT2D eigenvalue weighted by atomic mass is 9.98. The van der Waals surface area contributed by atoms with Gasteiger partial charge in [-0.15, -0.1) is 0 Å². The van der Waals surface area contributed by atoms with E-state index < -0.39 is 12.2 Å². The molecule has 0 bridgehead atoms. The van der Waals surface area contributed by atoms with Gasteiger partial charge < -0.3 is 28.4 Å². The summed E-state index contributed by atoms with van der Waals surface area (Å²) in [6.07, 6.45) is 20.2. The van der Waals surface area contributed by atoms with Gasteiger partial charge in [0, 0.05) is 47.6 Å². The highest BCUT2D eigenvalue weighted by atomic mass is 16.6. The average Bonchev–Trinajstić information content (AvgIpc) is 3.28. The molecule has 4 atom stereocenters. The molecule has 0 fully saturated rings. The summed E-state index contributed by atoms with van der Waals surface area (Å²) in [5.74, 6) is 1.98. The molecule has 3 rings (SSSR count). The lowest BCUT2D eigenvalue weighted by molar-refractivity contribution is -0.155. The van der Waals surface area contributed by atoms with Gasteiger partial charge in [0.15, 0.2) is 12.2 Å². The fourth-order valence-electron chi connectivity index (χ4n) is 8.03. The van der Waals surface area contributed by atoms with Gasteiger partial charge in [-0.05, 0) is 55.6 Å². The van der Waals surface area contributed by atoms with E-state index in [9.17, 15) is 9.59 Å². The molecule has 0 radical (unpaired) electrons. The normalized spacial score (nSPS) is 13.5. The molecule has 0 heterocycles. The molecule has 3 aromatic carbocycles. The van der Waals surface area contributed by atoms with Crippen LogP contribution >= 0.6 is 0 Å². The van der Waals surface area contributed by atoms with Crippen LogP contribution in [0, 0.1) is 11.8 Å². The van der Waals surface area contributed by atoms with Crippen LogP contribution in [0.4, 0.5) is 0 Å². The third-order valence-corrected chi connectivity index (χ3v) is 12.2. The van der Waals surface area contributed by atoms with Crippen molar-refractivity contribution < 1.29 is 38.0 Å². The molecule has 0 amide bonds. The van der Waals surface area contributed by atoms with Gasteiger partial charge in [0.1, 0.15) is 24.7 Å². The smallest absolute Gasteiger partial charge is 0.306 e. The van der Waals surface area contributed by atoms with E-state index in [0.29, 0.717) is 43.6 Å². The average molecular weight is 863 g/mol. The molecule has 0 aliphatic rings. The van der Waals surface area contributed by atoms with Gasteiger partial charge in [-0.25, -0.2) is 0 Å². The van der Waals surface area contributed by atoms with Gasteiger partial charge >= 0.3 is 11.9 Å². The zero-order valence-electron chi connectivity index (χ0n) is 40.2. The molecule has 8 heteroatoms. The highest BCUT2D eigenvalue weighted by Gasteiger charge is 2.23. The Morgan fingerprint density at radius 2 is 0.903 bits per heavy atom. The highest BCUT2D eigenvalue weighted by Crippen LogP contribution is 2.43. The van der Waals surface area contributed by atoms with E-state index in [1.165, 1.54) is 31.2 Å². The number of esters is 2. The highest BCUT2D eigenvalue weighted by molar-refractivity contribution is 6.11. The topological polar surface area (TPSA) is 89.5 Å². The summed E-state index contributed by atoms with van der Waals surface area (Å²) in [6.45, 7) is 17.5. The Labute approximate surface area is 376 Å². The SMILES string of the molecule is CCCCCCCC(=O)OC(COCC(CC)CCCC)COc1c2ccccc2c(OCC(COCC(CC)CCCC)OC(=O)CCCCCCC)c2cc(CC)ccc12. The standard InChI is InChI=1S/C54H86O8/c1-8-15-19-21-23-31-51(55)61-45(38-57-36-43(13-6)27-17-10-3)40-59-53-47-29-25-26-30-48(47)54(50-35-42(12-5)33-34-49(50)53)60-41-46(39-58-37-44(14-7)28-18-11-4)62-52(56)32-24-22-20-16-9-2/h25-26,29-30,33-35,43-46H,8-24,27-28,31-32,36-41H2,1-7H3. The molecule has 0 saturated heterocycles. The summed E-state index contributed by atoms with van der Waals surface area (Å²) in [5.41, 5.74) is 1.17. The Kier molecular flexibility index (Phi) is 27.6. The number of fused-ring (bicyclic) bond motifs is 2. The van der Waals surface area contributed by atoms with Gasteiger partial charge in [-0.3, -0.25) is 9.59 Å². The summed E-state index contributed by atoms with van der Waals surface area (Å²) in [5, 5.41) is 3.62. The van der Waals surface area contributed by atoms with Crippen molar-refractivity contribution in [2.45, 2.75) is 196 Å². The van der Waals surface area contributed by atoms with Crippen LogP contribution in [0.1, 0.15) is 182 Å². The minimum atomic E-state index is -0.558. The van der Waals surface area contributed by atoms with E-state index in [4.69, 9.17) is 28.4 Å². The molecule has 0 spiro atoms. The number of ether oxygens (including phenoxy) is 6. The first kappa shape index (κ1) is 53.0. The van der Waals surface area contributed by atoms with Crippen LogP contribution in [0.15, 0.2) is 42.5 Å². The van der Waals surface area contributed by atoms with E-state index in [1.54, 1.807) is 0 Å². The number of hydrogen-bond donors (Lipinski definition) is 0. The quantitative estimate of drug-likeness (QED) is 0.0322. The molecule has 0 saturated carbocycles. The van der Waals surface area contributed by atoms with Crippen molar-refractivity contribution in [2.75, 3.05) is 39.6 Å². The van der Waals surface area contributed by atoms with E-state index in [1.807, 2.05) is 12.1 Å². The lowest BCUT2D eigenvalue weighted by Crippen LogP contribution is -2.31. The van der Waals surface area contributed by atoms with Crippen molar-refractivity contribution in [3.05, 3.63) is 48.0 Å². The molecule has 4 unspecified atom stereocenters. The maximum absolute atomic E-state index is 13.2. The first-order chi connectivity index (χ1) is 30.3. The van der Waals surface area contributed by atoms with Crippen LogP contribution in [-0.2, 0) is 35.0 Å². The fraction of sp³-hybridized carbons (Fsp3) is 0.704. The van der Waals surface area contributed by atoms with Crippen molar-refractivity contribution in [3.8, 4) is 11.5 Å². The predicted molar refractivity (Wildman–Crippen MR) is 257 cm³/mol. The molecular formula is C54H86O8. The number of carbonyl (C=O) groups is 2. The summed E-state index contributed by atoms with van der Waals surface area (Å²) < 4.78 is 38.4. The second-order valence-corrected chi connectivity index (χ2v) is 17.5. The van der Waals surface area contributed by atoms with Crippen molar-refractivity contribution in [3.63, 3.8) is 0 Å². The number of aryl methyl sites for hydroxylation is 1. The maximum Gasteiger partial charge on any atom is 0.306 e. The number of carbonyl (C=O) groups excluding carboxylic acids is 2. The molecule has 0 aliphatic carbocycles. The molecule has 3 aromatic rings. The largest absolute Gasteiger partial charge is 0.488 e. The van der Waals surface area contributed by atoms with Crippen molar-refractivity contribution in [2.24, 2.45) is 11.8 Å². The lowest BCUT2D eigenvalue weighted by Gasteiger charge is -2.24. The summed E-state index contributed by atoms with van der Waals surface area (Å²) in [6, 6.07) is 14.6. The van der Waals surface area contributed by atoms with Gasteiger partial charge in [-0.2, -0.15) is 0 Å². The Bertz CT molecular complexity index is 1650. The predicted octanol–water partition coefficient (Wildman–Crippen LogP) is 14.3. The van der Waals surface area contributed by atoms with E-state index in [0.717, 1.165) is 124 Å². The van der Waals surface area contributed by atoms with Gasteiger partial charge in [0.05, 0.1) is 13.2 Å². The molecule has 350 valence electrons. The summed E-state index contributed by atoms with van der Waals surface area (Å²) in [7, 11) is 0. The van der Waals surface area contributed by atoms with Gasteiger partial charge in [0.25, 0.3) is 0 Å². The van der Waals surface area contributed by atoms with Gasteiger partial charge in [-0.1, -0.05) is 175 Å². The molecule has 8 nitrogen and oxygen atoms in total. The molecule has 62 heavy (non-hydrogen) atoms. The molecule has 0 N–H and O–H groups in total. The van der Waals surface area contributed by atoms with Crippen LogP contribution in [0.3, 0.4) is 0 Å². The first-order valence-electron chi connectivity index (χ1n) is 25.1. The zero-order chi connectivity index (χ0) is 44.8. The number of rotatable bonds is 37. The van der Waals surface area contributed by atoms with Gasteiger partial charge in [0.2, 0.25) is 0 Å². The number of benzene rings is 3. The molecular weight excluding hydrogens is 777 g/mol. The van der Waals surface area contributed by atoms with E-state index >= 15 is 0 Å². The molecule has 0 aromatic heterocycles. The first-order valence-corrected chi connectivity index (χ1v) is 25.1. The minimum absolute atomic E-state index is 0.160. The van der Waals surface area contributed by atoms with Crippen LogP contribution < -0.4 is 9.47 Å². The third kappa shape index (κ3) is 19.6. The second-order valence-electron chi connectivity index (χ2n) is 17.5. The fourth-order valence-corrected chi connectivity index (χ4v) is 8.03. The Hall–Kier alpha value is -3.36.